The number of phenols is 2. The topological polar surface area (TPSA) is 179 Å². The predicted molar refractivity (Wildman–Crippen MR) is 197 cm³/mol. The fraction of sp³-hybridized carbons (Fsp3) is 0.0698. The molecule has 10 nitrogen and oxygen atoms in total. The van der Waals surface area contributed by atoms with Gasteiger partial charge in [0.2, 0.25) is 0 Å². The van der Waals surface area contributed by atoms with Crippen LogP contribution in [0.4, 0.5) is 11.4 Å². The number of nitrogens with two attached hydrogens (primary N) is 2. The number of carbonyl (C=O) groups is 4. The standard InChI is InChI=1S/C43H30N2O8/c1-43(2,21-11-15-23(16-12-21)52-31-19-29(44)33-35(41(31)50)39(48)27-9-5-3-7-25(27)37(33)46)22-13-17-24(18-14-22)53-32-20-30(45)34-36(42(32)51)40(49)28-10-6-4-8-26(28)38(34)47/h3-20,50-51H,44-45H2,1-2H3. The van der Waals surface area contributed by atoms with E-state index in [-0.39, 0.29) is 67.4 Å². The predicted octanol–water partition coefficient (Wildman–Crippen LogP) is 7.72. The van der Waals surface area contributed by atoms with E-state index in [1.54, 1.807) is 60.7 Å². The van der Waals surface area contributed by atoms with Crippen LogP contribution in [0.3, 0.4) is 0 Å². The Morgan fingerprint density at radius 3 is 1.09 bits per heavy atom. The first-order chi connectivity index (χ1) is 25.4. The minimum absolute atomic E-state index is 0.0190. The van der Waals surface area contributed by atoms with Gasteiger partial charge in [0.25, 0.3) is 0 Å². The molecule has 260 valence electrons. The van der Waals surface area contributed by atoms with Crippen molar-refractivity contribution in [2.24, 2.45) is 0 Å². The summed E-state index contributed by atoms with van der Waals surface area (Å²) >= 11 is 0. The molecular weight excluding hydrogens is 672 g/mol. The molecule has 0 aromatic heterocycles. The maximum absolute atomic E-state index is 13.3. The summed E-state index contributed by atoms with van der Waals surface area (Å²) in [5.41, 5.74) is 14.2. The van der Waals surface area contributed by atoms with E-state index in [0.29, 0.717) is 11.5 Å². The molecule has 6 aromatic carbocycles. The lowest BCUT2D eigenvalue weighted by atomic mass is 9.78. The lowest BCUT2D eigenvalue weighted by Gasteiger charge is -2.27. The highest BCUT2D eigenvalue weighted by molar-refractivity contribution is 6.32. The first-order valence-electron chi connectivity index (χ1n) is 16.6. The van der Waals surface area contributed by atoms with Crippen molar-refractivity contribution >= 4 is 34.5 Å². The monoisotopic (exact) mass is 702 g/mol. The average molecular weight is 703 g/mol. The second-order valence-electron chi connectivity index (χ2n) is 13.4. The summed E-state index contributed by atoms with van der Waals surface area (Å²) < 4.78 is 12.0. The number of ether oxygens (including phenoxy) is 2. The van der Waals surface area contributed by atoms with Gasteiger partial charge in [0.1, 0.15) is 11.5 Å². The van der Waals surface area contributed by atoms with E-state index >= 15 is 0 Å². The molecule has 2 aliphatic carbocycles. The molecule has 0 spiro atoms. The second kappa shape index (κ2) is 12.0. The summed E-state index contributed by atoms with van der Waals surface area (Å²) in [6.45, 7) is 4.07. The number of rotatable bonds is 6. The number of hydrogen-bond donors (Lipinski definition) is 4. The number of hydrogen-bond acceptors (Lipinski definition) is 10. The molecule has 0 atom stereocenters. The van der Waals surface area contributed by atoms with Crippen LogP contribution in [0.15, 0.2) is 109 Å². The maximum atomic E-state index is 13.3. The lowest BCUT2D eigenvalue weighted by Crippen LogP contribution is -2.22. The fourth-order valence-corrected chi connectivity index (χ4v) is 7.02. The first-order valence-corrected chi connectivity index (χ1v) is 16.6. The van der Waals surface area contributed by atoms with Crippen LogP contribution < -0.4 is 20.9 Å². The minimum atomic E-state index is -0.514. The largest absolute Gasteiger partial charge is 0.504 e. The van der Waals surface area contributed by atoms with E-state index in [0.717, 1.165) is 11.1 Å². The Morgan fingerprint density at radius 2 is 0.774 bits per heavy atom. The maximum Gasteiger partial charge on any atom is 0.198 e. The molecule has 6 N–H and O–H groups in total. The van der Waals surface area contributed by atoms with Crippen molar-refractivity contribution in [2.45, 2.75) is 19.3 Å². The van der Waals surface area contributed by atoms with Crippen molar-refractivity contribution in [3.05, 3.63) is 165 Å². The van der Waals surface area contributed by atoms with Crippen LogP contribution in [0.5, 0.6) is 34.5 Å². The van der Waals surface area contributed by atoms with Gasteiger partial charge < -0.3 is 31.2 Å². The molecule has 2 aliphatic rings. The van der Waals surface area contributed by atoms with Gasteiger partial charge in [-0.05, 0) is 35.4 Å². The van der Waals surface area contributed by atoms with E-state index in [1.807, 2.05) is 38.1 Å². The van der Waals surface area contributed by atoms with Gasteiger partial charge in [0.15, 0.2) is 46.1 Å². The van der Waals surface area contributed by atoms with Crippen molar-refractivity contribution in [1.29, 1.82) is 0 Å². The zero-order valence-corrected chi connectivity index (χ0v) is 28.4. The summed E-state index contributed by atoms with van der Waals surface area (Å²) in [7, 11) is 0. The minimum Gasteiger partial charge on any atom is -0.504 e. The number of anilines is 2. The van der Waals surface area contributed by atoms with Gasteiger partial charge in [0.05, 0.1) is 22.3 Å². The summed E-state index contributed by atoms with van der Waals surface area (Å²) in [5.74, 6) is -2.23. The third-order valence-electron chi connectivity index (χ3n) is 9.94. The molecule has 0 aliphatic heterocycles. The van der Waals surface area contributed by atoms with Crippen LogP contribution in [0.25, 0.3) is 0 Å². The molecular formula is C43H30N2O8. The van der Waals surface area contributed by atoms with E-state index in [9.17, 15) is 29.4 Å². The van der Waals surface area contributed by atoms with E-state index < -0.39 is 40.0 Å². The van der Waals surface area contributed by atoms with Crippen molar-refractivity contribution in [3.63, 3.8) is 0 Å². The van der Waals surface area contributed by atoms with Crippen molar-refractivity contribution in [3.8, 4) is 34.5 Å². The number of nitrogen functional groups attached to an aromatic ring is 2. The van der Waals surface area contributed by atoms with Gasteiger partial charge in [-0.15, -0.1) is 0 Å². The summed E-state index contributed by atoms with van der Waals surface area (Å²) in [5, 5.41) is 22.2. The molecule has 0 radical (unpaired) electrons. The number of ketones is 4. The molecule has 8 rings (SSSR count). The van der Waals surface area contributed by atoms with E-state index in [1.165, 1.54) is 24.3 Å². The summed E-state index contributed by atoms with van der Waals surface area (Å²) in [4.78, 5) is 52.9. The van der Waals surface area contributed by atoms with Crippen LogP contribution in [-0.4, -0.2) is 33.3 Å². The van der Waals surface area contributed by atoms with Crippen LogP contribution in [0, 0.1) is 0 Å². The first kappa shape index (κ1) is 33.0. The Bertz CT molecular complexity index is 2410. The number of benzene rings is 6. The average Bonchev–Trinajstić information content (AvgIpc) is 3.16. The van der Waals surface area contributed by atoms with Gasteiger partial charge >= 0.3 is 0 Å². The molecule has 0 fully saturated rings. The van der Waals surface area contributed by atoms with Gasteiger partial charge in [0, 0.05) is 51.2 Å². The summed E-state index contributed by atoms with van der Waals surface area (Å²) in [6, 6.07) is 29.8. The Hall–Kier alpha value is -7.20. The van der Waals surface area contributed by atoms with Gasteiger partial charge in [-0.2, -0.15) is 0 Å². The van der Waals surface area contributed by atoms with Gasteiger partial charge in [-0.25, -0.2) is 0 Å². The van der Waals surface area contributed by atoms with Crippen LogP contribution in [0.1, 0.15) is 88.7 Å². The highest BCUT2D eigenvalue weighted by Crippen LogP contribution is 2.45. The Balaban J connectivity index is 1.01. The highest BCUT2D eigenvalue weighted by Gasteiger charge is 2.37. The fourth-order valence-electron chi connectivity index (χ4n) is 7.02. The number of aromatic hydroxyl groups is 2. The molecule has 0 bridgehead atoms. The molecule has 0 saturated heterocycles. The Morgan fingerprint density at radius 1 is 0.472 bits per heavy atom. The zero-order valence-electron chi connectivity index (χ0n) is 28.4. The Labute approximate surface area is 302 Å². The zero-order chi connectivity index (χ0) is 37.3. The van der Waals surface area contributed by atoms with Crippen LogP contribution in [0.2, 0.25) is 0 Å². The molecule has 6 aromatic rings. The van der Waals surface area contributed by atoms with Gasteiger partial charge in [-0.1, -0.05) is 86.6 Å². The normalized spacial score (nSPS) is 13.2. The molecule has 53 heavy (non-hydrogen) atoms. The van der Waals surface area contributed by atoms with E-state index in [2.05, 4.69) is 0 Å². The highest BCUT2D eigenvalue weighted by atomic mass is 16.5. The number of phenolic OH excluding ortho intramolecular Hbond substituents is 2. The molecule has 0 heterocycles. The van der Waals surface area contributed by atoms with Gasteiger partial charge in [-0.3, -0.25) is 19.2 Å². The third-order valence-corrected chi connectivity index (χ3v) is 9.94. The quantitative estimate of drug-likeness (QED) is 0.0990. The summed E-state index contributed by atoms with van der Waals surface area (Å²) in [6.07, 6.45) is 0. The molecule has 10 heteroatoms. The van der Waals surface area contributed by atoms with Crippen molar-refractivity contribution < 1.29 is 38.9 Å². The van der Waals surface area contributed by atoms with Crippen LogP contribution in [-0.2, 0) is 5.41 Å². The molecule has 0 unspecified atom stereocenters. The number of carbonyl (C=O) groups excluding carboxylic acids is 4. The molecule has 0 amide bonds. The SMILES string of the molecule is CC(C)(c1ccc(Oc2cc(N)c3c(c2O)C(=O)c2ccccc2C3=O)cc1)c1ccc(Oc2cc(N)c3c(c2O)C(=O)c2ccccc2C3=O)cc1. The second-order valence-corrected chi connectivity index (χ2v) is 13.4. The lowest BCUT2D eigenvalue weighted by molar-refractivity contribution is 0.0977. The van der Waals surface area contributed by atoms with Crippen molar-refractivity contribution in [1.82, 2.24) is 0 Å². The number of fused-ring (bicyclic) bond motifs is 4. The Kier molecular flexibility index (Phi) is 7.44. The smallest absolute Gasteiger partial charge is 0.198 e. The van der Waals surface area contributed by atoms with Crippen molar-refractivity contribution in [2.75, 3.05) is 11.5 Å². The third kappa shape index (κ3) is 5.10. The van der Waals surface area contributed by atoms with E-state index in [4.69, 9.17) is 20.9 Å². The van der Waals surface area contributed by atoms with Crippen LogP contribution >= 0.6 is 0 Å². The molecule has 0 saturated carbocycles.